The lowest BCUT2D eigenvalue weighted by atomic mass is 9.96. The second kappa shape index (κ2) is 22.5. The van der Waals surface area contributed by atoms with Gasteiger partial charge in [0.25, 0.3) is 0 Å². The molecule has 1 saturated heterocycles. The Kier molecular flexibility index (Phi) is 20.0. The third kappa shape index (κ3) is 16.5. The van der Waals surface area contributed by atoms with Gasteiger partial charge in [0.05, 0.1) is 54.9 Å². The Hall–Kier alpha value is -1.11. The van der Waals surface area contributed by atoms with E-state index < -0.39 is 60.9 Å². The lowest BCUT2D eigenvalue weighted by Gasteiger charge is -2.25. The fourth-order valence-corrected chi connectivity index (χ4v) is 6.49. The number of unbranched alkanes of at least 4 members (excludes halogenated alkanes) is 9. The van der Waals surface area contributed by atoms with E-state index in [2.05, 4.69) is 6.92 Å². The second-order valence-electron chi connectivity index (χ2n) is 13.6. The van der Waals surface area contributed by atoms with Gasteiger partial charge in [0.2, 0.25) is 0 Å². The molecule has 0 amide bonds. The topological polar surface area (TPSA) is 177 Å². The van der Waals surface area contributed by atoms with Gasteiger partial charge in [-0.3, -0.25) is 0 Å². The average molecular weight is 645 g/mol. The van der Waals surface area contributed by atoms with Crippen molar-refractivity contribution in [3.8, 4) is 0 Å². The Balaban J connectivity index is 1.54. The fourth-order valence-electron chi connectivity index (χ4n) is 6.49. The summed E-state index contributed by atoms with van der Waals surface area (Å²) in [5.74, 6) is -0.418. The first-order valence-electron chi connectivity index (χ1n) is 17.8. The van der Waals surface area contributed by atoms with Gasteiger partial charge in [-0.15, -0.1) is 0 Å². The first-order chi connectivity index (χ1) is 21.5. The third-order valence-corrected chi connectivity index (χ3v) is 9.34. The van der Waals surface area contributed by atoms with Crippen LogP contribution in [0.1, 0.15) is 142 Å². The molecule has 0 bridgehead atoms. The van der Waals surface area contributed by atoms with Crippen LogP contribution in [0.4, 0.5) is 0 Å². The van der Waals surface area contributed by atoms with Gasteiger partial charge in [0.15, 0.2) is 0 Å². The molecule has 0 saturated carbocycles. The van der Waals surface area contributed by atoms with Gasteiger partial charge in [0, 0.05) is 18.4 Å². The molecule has 0 radical (unpaired) electrons. The first-order valence-corrected chi connectivity index (χ1v) is 17.8. The van der Waals surface area contributed by atoms with E-state index in [1.54, 1.807) is 13.0 Å². The maximum atomic E-state index is 11.7. The molecule has 45 heavy (non-hydrogen) atoms. The van der Waals surface area contributed by atoms with Crippen LogP contribution in [0.2, 0.25) is 0 Å². The van der Waals surface area contributed by atoms with Crippen molar-refractivity contribution in [1.82, 2.24) is 0 Å². The minimum absolute atomic E-state index is 0.0107. The van der Waals surface area contributed by atoms with E-state index in [1.807, 2.05) is 0 Å². The van der Waals surface area contributed by atoms with Crippen LogP contribution in [0.3, 0.4) is 0 Å². The van der Waals surface area contributed by atoms with Gasteiger partial charge in [-0.05, 0) is 64.4 Å². The molecule has 2 aliphatic heterocycles. The van der Waals surface area contributed by atoms with E-state index in [4.69, 9.17) is 9.47 Å². The summed E-state index contributed by atoms with van der Waals surface area (Å²) >= 11 is 0. The van der Waals surface area contributed by atoms with Crippen LogP contribution in [0.5, 0.6) is 0 Å². The lowest BCUT2D eigenvalue weighted by molar-refractivity contribution is -0.139. The summed E-state index contributed by atoms with van der Waals surface area (Å²) in [6.45, 7) is 3.98. The molecule has 0 aromatic heterocycles. The van der Waals surface area contributed by atoms with Crippen molar-refractivity contribution in [2.45, 2.75) is 203 Å². The molecule has 10 nitrogen and oxygen atoms in total. The molecule has 10 atom stereocenters. The fraction of sp³-hybridized carbons (Fsp3) is 0.914. The molecule has 0 aromatic carbocycles. The van der Waals surface area contributed by atoms with Gasteiger partial charge in [-0.1, -0.05) is 71.1 Å². The highest BCUT2D eigenvalue weighted by atomic mass is 16.5. The molecule has 2 heterocycles. The van der Waals surface area contributed by atoms with Crippen molar-refractivity contribution in [3.63, 3.8) is 0 Å². The molecule has 0 spiro atoms. The van der Waals surface area contributed by atoms with Gasteiger partial charge >= 0.3 is 5.97 Å². The summed E-state index contributed by atoms with van der Waals surface area (Å²) in [6, 6.07) is 0. The zero-order valence-corrected chi connectivity index (χ0v) is 27.8. The number of rotatable bonds is 26. The number of hydrogen-bond donors (Lipinski definition) is 7. The minimum Gasteiger partial charge on any atom is -0.455 e. The molecule has 2 aliphatic rings. The highest BCUT2D eigenvalue weighted by Crippen LogP contribution is 2.29. The smallest absolute Gasteiger partial charge is 0.334 e. The molecule has 1 fully saturated rings. The summed E-state index contributed by atoms with van der Waals surface area (Å²) in [5, 5.41) is 72.9. The molecular formula is C35H64O10. The van der Waals surface area contributed by atoms with Crippen LogP contribution in [0, 0.1) is 0 Å². The van der Waals surface area contributed by atoms with Crippen LogP contribution < -0.4 is 0 Å². The summed E-state index contributed by atoms with van der Waals surface area (Å²) in [4.78, 5) is 11.7. The normalized spacial score (nSPS) is 25.0. The van der Waals surface area contributed by atoms with Crippen LogP contribution in [0.15, 0.2) is 11.6 Å². The number of aliphatic hydroxyl groups is 7. The number of hydrogen-bond acceptors (Lipinski definition) is 10. The number of ether oxygens (including phenoxy) is 2. The van der Waals surface area contributed by atoms with E-state index in [0.29, 0.717) is 24.8 Å². The summed E-state index contributed by atoms with van der Waals surface area (Å²) in [6.07, 6.45) is 9.08. The van der Waals surface area contributed by atoms with Crippen LogP contribution in [-0.2, 0) is 14.3 Å². The second-order valence-corrected chi connectivity index (χ2v) is 13.6. The van der Waals surface area contributed by atoms with Crippen LogP contribution >= 0.6 is 0 Å². The maximum Gasteiger partial charge on any atom is 0.334 e. The highest BCUT2D eigenvalue weighted by Gasteiger charge is 2.36. The summed E-state index contributed by atoms with van der Waals surface area (Å²) in [5.41, 5.74) is 0.446. The van der Waals surface area contributed by atoms with Gasteiger partial charge < -0.3 is 45.2 Å². The van der Waals surface area contributed by atoms with Crippen molar-refractivity contribution in [1.29, 1.82) is 0 Å². The molecule has 0 aliphatic carbocycles. The number of cyclic esters (lactones) is 1. The zero-order chi connectivity index (χ0) is 33.2. The van der Waals surface area contributed by atoms with Crippen LogP contribution in [0.25, 0.3) is 0 Å². The predicted octanol–water partition coefficient (Wildman–Crippen LogP) is 3.97. The predicted molar refractivity (Wildman–Crippen MR) is 172 cm³/mol. The van der Waals surface area contributed by atoms with E-state index in [-0.39, 0.29) is 51.0 Å². The third-order valence-electron chi connectivity index (χ3n) is 9.34. The Morgan fingerprint density at radius 2 is 1.22 bits per heavy atom. The number of esters is 1. The zero-order valence-electron chi connectivity index (χ0n) is 27.8. The van der Waals surface area contributed by atoms with Crippen molar-refractivity contribution in [2.75, 3.05) is 0 Å². The van der Waals surface area contributed by atoms with Crippen molar-refractivity contribution in [3.05, 3.63) is 11.6 Å². The Bertz CT molecular complexity index is 822. The standard InChI is InChI=1S/C35H64O10/c1-3-4-5-6-7-8-9-10-11-12-13-29(39)30(40)16-14-27(37)22-28(38)23-32(42)34-19-18-33(45-34)31(41)17-15-26(36)21-25-20-24(2)44-35(25)43/h20,24,26-34,36-42H,3-19,21-23H2,1-2H3/t24-,26-,27-,28+,29+,30-,31+,32+,33+,34+/m0/s1. The van der Waals surface area contributed by atoms with E-state index >= 15 is 0 Å². The minimum atomic E-state index is -0.967. The largest absolute Gasteiger partial charge is 0.455 e. The van der Waals surface area contributed by atoms with Gasteiger partial charge in [-0.25, -0.2) is 4.79 Å². The molecular weight excluding hydrogens is 580 g/mol. The Morgan fingerprint density at radius 1 is 0.667 bits per heavy atom. The van der Waals surface area contributed by atoms with E-state index in [0.717, 1.165) is 19.3 Å². The highest BCUT2D eigenvalue weighted by molar-refractivity contribution is 5.90. The van der Waals surface area contributed by atoms with E-state index in [9.17, 15) is 40.5 Å². The molecule has 2 rings (SSSR count). The van der Waals surface area contributed by atoms with Gasteiger partial charge in [-0.2, -0.15) is 0 Å². The van der Waals surface area contributed by atoms with Gasteiger partial charge in [0.1, 0.15) is 6.10 Å². The quantitative estimate of drug-likeness (QED) is 0.0539. The van der Waals surface area contributed by atoms with E-state index in [1.165, 1.54) is 44.9 Å². The SMILES string of the molecule is CCCCCCCCCCCC[C@@H](O)[C@@H](O)CC[C@H](O)C[C@@H](O)C[C@@H](O)[C@H]1CC[C@H]([C@H](O)CC[C@H](O)CC2=C[C@H](C)OC2=O)O1. The molecule has 0 unspecified atom stereocenters. The van der Waals surface area contributed by atoms with Crippen molar-refractivity contribution in [2.24, 2.45) is 0 Å². The lowest BCUT2D eigenvalue weighted by Crippen LogP contribution is -2.34. The Labute approximate surface area is 270 Å². The monoisotopic (exact) mass is 644 g/mol. The number of aliphatic hydroxyl groups excluding tert-OH is 7. The number of carbonyl (C=O) groups is 1. The van der Waals surface area contributed by atoms with Crippen LogP contribution in [-0.4, -0.2) is 103 Å². The van der Waals surface area contributed by atoms with Crippen molar-refractivity contribution >= 4 is 5.97 Å². The molecule has 7 N–H and O–H groups in total. The molecule has 10 heteroatoms. The Morgan fingerprint density at radius 3 is 1.82 bits per heavy atom. The molecule has 264 valence electrons. The average Bonchev–Trinajstić information content (AvgIpc) is 3.61. The molecule has 0 aromatic rings. The number of carbonyl (C=O) groups excluding carboxylic acids is 1. The maximum absolute atomic E-state index is 11.7. The first kappa shape index (κ1) is 40.1. The summed E-state index contributed by atoms with van der Waals surface area (Å²) in [7, 11) is 0. The summed E-state index contributed by atoms with van der Waals surface area (Å²) < 4.78 is 10.9. The van der Waals surface area contributed by atoms with Crippen molar-refractivity contribution < 1.29 is 50.0 Å².